The molecule has 0 bridgehead atoms. The lowest BCUT2D eigenvalue weighted by Crippen LogP contribution is -2.14. The summed E-state index contributed by atoms with van der Waals surface area (Å²) in [7, 11) is 0. The van der Waals surface area contributed by atoms with Crippen LogP contribution >= 0.6 is 0 Å². The van der Waals surface area contributed by atoms with E-state index in [9.17, 15) is 18.0 Å². The smallest absolute Gasteiger partial charge is 0.437 e. The van der Waals surface area contributed by atoms with Crippen LogP contribution in [0.4, 0.5) is 13.2 Å². The number of carbonyl (C=O) groups excluding carboxylic acids is 1. The van der Waals surface area contributed by atoms with E-state index in [0.29, 0.717) is 0 Å². The number of carbonyl (C=O) groups is 1. The van der Waals surface area contributed by atoms with Crippen LogP contribution in [-0.4, -0.2) is 17.6 Å². The second-order valence-electron chi connectivity index (χ2n) is 4.78. The molecule has 0 radical (unpaired) electrons. The SMILES string of the molecule is CCOC(=O)c1oc(C2CCCCC2)nc1C(F)(F)F. The molecule has 0 spiro atoms. The van der Waals surface area contributed by atoms with Crippen LogP contribution in [0.15, 0.2) is 4.42 Å². The van der Waals surface area contributed by atoms with Crippen molar-refractivity contribution >= 4 is 5.97 Å². The number of hydrogen-bond acceptors (Lipinski definition) is 4. The lowest BCUT2D eigenvalue weighted by atomic mass is 9.89. The molecular formula is C13H16F3NO3. The third-order valence-electron chi connectivity index (χ3n) is 3.33. The van der Waals surface area contributed by atoms with Crippen LogP contribution in [0, 0.1) is 0 Å². The number of nitrogens with zero attached hydrogens (tertiary/aromatic N) is 1. The zero-order chi connectivity index (χ0) is 14.8. The van der Waals surface area contributed by atoms with Crippen molar-refractivity contribution in [1.29, 1.82) is 0 Å². The Hall–Kier alpha value is -1.53. The van der Waals surface area contributed by atoms with Crippen molar-refractivity contribution in [2.45, 2.75) is 51.1 Å². The van der Waals surface area contributed by atoms with Crippen molar-refractivity contribution in [3.05, 3.63) is 17.3 Å². The number of hydrogen-bond donors (Lipinski definition) is 0. The minimum absolute atomic E-state index is 0.0000723. The zero-order valence-electron chi connectivity index (χ0n) is 11.1. The molecule has 0 saturated heterocycles. The summed E-state index contributed by atoms with van der Waals surface area (Å²) in [4.78, 5) is 15.1. The maximum Gasteiger partial charge on any atom is 0.437 e. The number of halogens is 3. The fraction of sp³-hybridized carbons (Fsp3) is 0.692. The number of rotatable bonds is 3. The molecule has 1 heterocycles. The van der Waals surface area contributed by atoms with Gasteiger partial charge in [0, 0.05) is 5.92 Å². The third kappa shape index (κ3) is 3.13. The Morgan fingerprint density at radius 3 is 2.55 bits per heavy atom. The van der Waals surface area contributed by atoms with Crippen molar-refractivity contribution in [3.63, 3.8) is 0 Å². The summed E-state index contributed by atoms with van der Waals surface area (Å²) in [6, 6.07) is 0. The minimum Gasteiger partial charge on any atom is -0.460 e. The van der Waals surface area contributed by atoms with Crippen molar-refractivity contribution in [2.75, 3.05) is 6.61 Å². The Bertz CT molecular complexity index is 476. The van der Waals surface area contributed by atoms with Crippen molar-refractivity contribution < 1.29 is 27.1 Å². The zero-order valence-corrected chi connectivity index (χ0v) is 11.1. The molecule has 7 heteroatoms. The molecule has 0 unspecified atom stereocenters. The molecule has 0 atom stereocenters. The summed E-state index contributed by atoms with van der Waals surface area (Å²) in [6.45, 7) is 1.50. The normalized spacial score (nSPS) is 17.2. The highest BCUT2D eigenvalue weighted by molar-refractivity contribution is 5.87. The van der Waals surface area contributed by atoms with Gasteiger partial charge in [-0.15, -0.1) is 0 Å². The minimum atomic E-state index is -4.72. The van der Waals surface area contributed by atoms with Crippen molar-refractivity contribution in [3.8, 4) is 0 Å². The fourth-order valence-corrected chi connectivity index (χ4v) is 2.39. The molecule has 0 aliphatic heterocycles. The molecule has 1 fully saturated rings. The highest BCUT2D eigenvalue weighted by Gasteiger charge is 2.42. The molecule has 4 nitrogen and oxygen atoms in total. The van der Waals surface area contributed by atoms with Crippen LogP contribution in [0.25, 0.3) is 0 Å². The molecule has 0 N–H and O–H groups in total. The van der Waals surface area contributed by atoms with Crippen LogP contribution in [-0.2, 0) is 10.9 Å². The molecule has 0 aromatic carbocycles. The Balaban J connectivity index is 2.33. The van der Waals surface area contributed by atoms with E-state index >= 15 is 0 Å². The van der Waals surface area contributed by atoms with Crippen LogP contribution in [0.1, 0.15) is 67.1 Å². The first-order valence-electron chi connectivity index (χ1n) is 6.68. The number of aromatic nitrogens is 1. The first-order chi connectivity index (χ1) is 9.43. The van der Waals surface area contributed by atoms with Gasteiger partial charge in [0.1, 0.15) is 0 Å². The van der Waals surface area contributed by atoms with E-state index in [0.717, 1.165) is 32.1 Å². The van der Waals surface area contributed by atoms with Gasteiger partial charge in [-0.1, -0.05) is 19.3 Å². The van der Waals surface area contributed by atoms with Crippen molar-refractivity contribution in [2.24, 2.45) is 0 Å². The second-order valence-corrected chi connectivity index (χ2v) is 4.78. The molecule has 1 aliphatic carbocycles. The lowest BCUT2D eigenvalue weighted by Gasteiger charge is -2.17. The summed E-state index contributed by atoms with van der Waals surface area (Å²) in [5.74, 6) is -2.09. The van der Waals surface area contributed by atoms with E-state index in [4.69, 9.17) is 4.42 Å². The van der Waals surface area contributed by atoms with Gasteiger partial charge in [-0.2, -0.15) is 13.2 Å². The first kappa shape index (κ1) is 14.9. The molecule has 112 valence electrons. The van der Waals surface area contributed by atoms with Gasteiger partial charge < -0.3 is 9.15 Å². The summed E-state index contributed by atoms with van der Waals surface area (Å²) in [5, 5.41) is 0. The fourth-order valence-electron chi connectivity index (χ4n) is 2.39. The van der Waals surface area contributed by atoms with Crippen LogP contribution in [0.2, 0.25) is 0 Å². The van der Waals surface area contributed by atoms with E-state index in [1.165, 1.54) is 6.92 Å². The molecule has 2 rings (SSSR count). The van der Waals surface area contributed by atoms with Crippen LogP contribution in [0.3, 0.4) is 0 Å². The third-order valence-corrected chi connectivity index (χ3v) is 3.33. The van der Waals surface area contributed by atoms with Gasteiger partial charge in [0.25, 0.3) is 0 Å². The van der Waals surface area contributed by atoms with Crippen LogP contribution < -0.4 is 0 Å². The number of ether oxygens (including phenoxy) is 1. The molecule has 1 aliphatic rings. The average molecular weight is 291 g/mol. The van der Waals surface area contributed by atoms with Gasteiger partial charge in [-0.25, -0.2) is 9.78 Å². The van der Waals surface area contributed by atoms with Crippen LogP contribution in [0.5, 0.6) is 0 Å². The van der Waals surface area contributed by atoms with E-state index in [1.807, 2.05) is 0 Å². The standard InChI is InChI=1S/C13H16F3NO3/c1-2-19-12(18)9-10(13(14,15)16)17-11(20-9)8-6-4-3-5-7-8/h8H,2-7H2,1H3. The number of oxazole rings is 1. The van der Waals surface area contributed by atoms with E-state index in [2.05, 4.69) is 9.72 Å². The molecular weight excluding hydrogens is 275 g/mol. The molecule has 1 saturated carbocycles. The van der Waals surface area contributed by atoms with Gasteiger partial charge in [-0.3, -0.25) is 0 Å². The Kier molecular flexibility index (Phi) is 4.35. The molecule has 1 aromatic rings. The Morgan fingerprint density at radius 2 is 2.00 bits per heavy atom. The number of alkyl halides is 3. The van der Waals surface area contributed by atoms with Gasteiger partial charge in [0.2, 0.25) is 5.76 Å². The summed E-state index contributed by atoms with van der Waals surface area (Å²) in [5.41, 5.74) is -1.28. The van der Waals surface area contributed by atoms with Gasteiger partial charge in [0.05, 0.1) is 6.61 Å². The summed E-state index contributed by atoms with van der Waals surface area (Å²) in [6.07, 6.45) is -0.320. The maximum atomic E-state index is 12.9. The second kappa shape index (κ2) is 5.85. The van der Waals surface area contributed by atoms with Gasteiger partial charge in [-0.05, 0) is 19.8 Å². The predicted molar refractivity (Wildman–Crippen MR) is 63.3 cm³/mol. The summed E-state index contributed by atoms with van der Waals surface area (Å²) < 4.78 is 48.4. The quantitative estimate of drug-likeness (QED) is 0.792. The molecule has 20 heavy (non-hydrogen) atoms. The molecule has 1 aromatic heterocycles. The maximum absolute atomic E-state index is 12.9. The summed E-state index contributed by atoms with van der Waals surface area (Å²) >= 11 is 0. The Morgan fingerprint density at radius 1 is 1.35 bits per heavy atom. The van der Waals surface area contributed by atoms with E-state index in [1.54, 1.807) is 0 Å². The average Bonchev–Trinajstić information content (AvgIpc) is 2.85. The van der Waals surface area contributed by atoms with Gasteiger partial charge in [0.15, 0.2) is 11.6 Å². The van der Waals surface area contributed by atoms with E-state index < -0.39 is 23.6 Å². The van der Waals surface area contributed by atoms with Crippen molar-refractivity contribution in [1.82, 2.24) is 4.98 Å². The molecule has 0 amide bonds. The highest BCUT2D eigenvalue weighted by Crippen LogP contribution is 2.37. The highest BCUT2D eigenvalue weighted by atomic mass is 19.4. The monoisotopic (exact) mass is 291 g/mol. The first-order valence-corrected chi connectivity index (χ1v) is 6.68. The lowest BCUT2D eigenvalue weighted by molar-refractivity contribution is -0.141. The Labute approximate surface area is 114 Å². The largest absolute Gasteiger partial charge is 0.460 e. The van der Waals surface area contributed by atoms with Gasteiger partial charge >= 0.3 is 12.1 Å². The van der Waals surface area contributed by atoms with E-state index in [-0.39, 0.29) is 18.4 Å². The number of esters is 1. The predicted octanol–water partition coefficient (Wildman–Crippen LogP) is 3.92. The topological polar surface area (TPSA) is 52.3 Å².